The Morgan fingerprint density at radius 3 is 2.19 bits per heavy atom. The van der Waals surface area contributed by atoms with Crippen molar-refractivity contribution < 1.29 is 0 Å². The van der Waals surface area contributed by atoms with Crippen LogP contribution in [-0.4, -0.2) is 7.85 Å². The van der Waals surface area contributed by atoms with Crippen molar-refractivity contribution in [3.05, 3.63) is 53.1 Å². The van der Waals surface area contributed by atoms with Gasteiger partial charge in [-0.15, -0.1) is 0 Å². The van der Waals surface area contributed by atoms with Gasteiger partial charge in [-0.3, -0.25) is 0 Å². The highest BCUT2D eigenvalue weighted by molar-refractivity contribution is 6.11. The van der Waals surface area contributed by atoms with Crippen molar-refractivity contribution in [2.75, 3.05) is 0 Å². The van der Waals surface area contributed by atoms with Crippen LogP contribution < -0.4 is 0 Å². The summed E-state index contributed by atoms with van der Waals surface area (Å²) in [6, 6.07) is 9.46. The SMILES string of the molecule is BC1CCC(/C(=C/C=C(\C)c2ccc(C3CCCCC3)cc2)CC)CC1. The Hall–Kier alpha value is -1.24. The van der Waals surface area contributed by atoms with Gasteiger partial charge in [0.1, 0.15) is 7.85 Å². The molecule has 140 valence electrons. The fourth-order valence-electron chi connectivity index (χ4n) is 4.96. The largest absolute Gasteiger partial charge is 0.105 e. The predicted molar refractivity (Wildman–Crippen MR) is 119 cm³/mol. The fourth-order valence-corrected chi connectivity index (χ4v) is 4.96. The third kappa shape index (κ3) is 5.15. The lowest BCUT2D eigenvalue weighted by molar-refractivity contribution is 0.397. The van der Waals surface area contributed by atoms with E-state index in [-0.39, 0.29) is 0 Å². The van der Waals surface area contributed by atoms with Gasteiger partial charge in [0.15, 0.2) is 0 Å². The minimum Gasteiger partial charge on any atom is -0.0697 e. The van der Waals surface area contributed by atoms with Crippen molar-refractivity contribution in [3.8, 4) is 0 Å². The molecule has 0 saturated heterocycles. The minimum atomic E-state index is 0.808. The average molecular weight is 348 g/mol. The second kappa shape index (κ2) is 9.63. The third-order valence-electron chi connectivity index (χ3n) is 6.94. The van der Waals surface area contributed by atoms with Gasteiger partial charge in [0.25, 0.3) is 0 Å². The van der Waals surface area contributed by atoms with E-state index in [1.807, 2.05) is 0 Å². The molecule has 2 aliphatic rings. The molecule has 1 aromatic carbocycles. The van der Waals surface area contributed by atoms with Gasteiger partial charge < -0.3 is 0 Å². The highest BCUT2D eigenvalue weighted by atomic mass is 14.2. The van der Waals surface area contributed by atoms with E-state index >= 15 is 0 Å². The van der Waals surface area contributed by atoms with Gasteiger partial charge in [-0.25, -0.2) is 0 Å². The Labute approximate surface area is 162 Å². The van der Waals surface area contributed by atoms with E-state index in [1.165, 1.54) is 75.3 Å². The molecule has 2 fully saturated rings. The molecule has 2 aliphatic carbocycles. The normalized spacial score (nSPS) is 26.1. The van der Waals surface area contributed by atoms with E-state index in [2.05, 4.69) is 58.1 Å². The Morgan fingerprint density at radius 2 is 1.58 bits per heavy atom. The van der Waals surface area contributed by atoms with Gasteiger partial charge in [-0.05, 0) is 67.6 Å². The Kier molecular flexibility index (Phi) is 7.23. The van der Waals surface area contributed by atoms with Crippen LogP contribution in [0.2, 0.25) is 5.82 Å². The second-order valence-electron chi connectivity index (χ2n) is 8.86. The van der Waals surface area contributed by atoms with E-state index < -0.39 is 0 Å². The monoisotopic (exact) mass is 348 g/mol. The zero-order chi connectivity index (χ0) is 18.4. The predicted octanol–water partition coefficient (Wildman–Crippen LogP) is 7.09. The van der Waals surface area contributed by atoms with Gasteiger partial charge in [0, 0.05) is 0 Å². The maximum absolute atomic E-state index is 2.44. The van der Waals surface area contributed by atoms with Crippen LogP contribution in [0.3, 0.4) is 0 Å². The van der Waals surface area contributed by atoms with Crippen molar-refractivity contribution >= 4 is 13.4 Å². The molecule has 0 nitrogen and oxygen atoms in total. The molecule has 0 amide bonds. The zero-order valence-corrected chi connectivity index (χ0v) is 17.3. The molecule has 0 bridgehead atoms. The van der Waals surface area contributed by atoms with Crippen LogP contribution in [0, 0.1) is 5.92 Å². The van der Waals surface area contributed by atoms with Crippen LogP contribution in [0.1, 0.15) is 95.1 Å². The molecule has 2 saturated carbocycles. The number of rotatable bonds is 5. The highest BCUT2D eigenvalue weighted by Crippen LogP contribution is 2.36. The number of allylic oxidation sites excluding steroid dienone is 4. The molecule has 0 N–H and O–H groups in total. The Balaban J connectivity index is 1.65. The Morgan fingerprint density at radius 1 is 0.923 bits per heavy atom. The van der Waals surface area contributed by atoms with Crippen LogP contribution >= 0.6 is 0 Å². The maximum atomic E-state index is 2.44. The topological polar surface area (TPSA) is 0 Å². The Bertz CT molecular complexity index is 608. The van der Waals surface area contributed by atoms with Crippen molar-refractivity contribution in [3.63, 3.8) is 0 Å². The third-order valence-corrected chi connectivity index (χ3v) is 6.94. The van der Waals surface area contributed by atoms with Gasteiger partial charge in [0.05, 0.1) is 0 Å². The molecule has 0 heterocycles. The summed E-state index contributed by atoms with van der Waals surface area (Å²) >= 11 is 0. The van der Waals surface area contributed by atoms with Crippen LogP contribution in [0.25, 0.3) is 5.57 Å². The van der Waals surface area contributed by atoms with E-state index in [9.17, 15) is 0 Å². The quantitative estimate of drug-likeness (QED) is 0.394. The molecule has 0 spiro atoms. The number of hydrogen-bond donors (Lipinski definition) is 0. The molecule has 0 aliphatic heterocycles. The smallest absolute Gasteiger partial charge is 0.0697 e. The molecule has 3 rings (SSSR count). The summed E-state index contributed by atoms with van der Waals surface area (Å²) in [5.41, 5.74) is 6.00. The van der Waals surface area contributed by atoms with Crippen molar-refractivity contribution in [2.45, 2.75) is 89.8 Å². The lowest BCUT2D eigenvalue weighted by Gasteiger charge is -2.28. The summed E-state index contributed by atoms with van der Waals surface area (Å²) in [4.78, 5) is 0. The van der Waals surface area contributed by atoms with Gasteiger partial charge in [0.2, 0.25) is 0 Å². The first-order chi connectivity index (χ1) is 12.7. The van der Waals surface area contributed by atoms with Gasteiger partial charge >= 0.3 is 0 Å². The molecule has 0 atom stereocenters. The van der Waals surface area contributed by atoms with Crippen molar-refractivity contribution in [2.24, 2.45) is 5.92 Å². The second-order valence-corrected chi connectivity index (χ2v) is 8.86. The van der Waals surface area contributed by atoms with E-state index in [0.717, 1.165) is 17.7 Å². The average Bonchev–Trinajstić information content (AvgIpc) is 2.70. The van der Waals surface area contributed by atoms with Gasteiger partial charge in [-0.1, -0.05) is 86.8 Å². The van der Waals surface area contributed by atoms with Crippen molar-refractivity contribution in [1.29, 1.82) is 0 Å². The van der Waals surface area contributed by atoms with Crippen LogP contribution in [-0.2, 0) is 0 Å². The molecular weight excluding hydrogens is 311 g/mol. The summed E-state index contributed by atoms with van der Waals surface area (Å²) in [5.74, 6) is 2.57. The van der Waals surface area contributed by atoms with E-state index in [4.69, 9.17) is 0 Å². The van der Waals surface area contributed by atoms with E-state index in [1.54, 1.807) is 11.1 Å². The molecule has 1 heteroatoms. The molecule has 0 radical (unpaired) electrons. The summed E-state index contributed by atoms with van der Waals surface area (Å²) in [6.45, 7) is 4.59. The molecule has 0 unspecified atom stereocenters. The lowest BCUT2D eigenvalue weighted by atomic mass is 9.70. The fraction of sp³-hybridized carbons (Fsp3) is 0.600. The maximum Gasteiger partial charge on any atom is 0.105 e. The summed E-state index contributed by atoms with van der Waals surface area (Å²) in [5, 5.41) is 0. The highest BCUT2D eigenvalue weighted by Gasteiger charge is 2.20. The van der Waals surface area contributed by atoms with Crippen LogP contribution in [0.15, 0.2) is 42.0 Å². The first-order valence-electron chi connectivity index (χ1n) is 11.1. The first-order valence-corrected chi connectivity index (χ1v) is 11.1. The molecular formula is C25H37B. The van der Waals surface area contributed by atoms with Crippen LogP contribution in [0.4, 0.5) is 0 Å². The molecule has 0 aromatic heterocycles. The van der Waals surface area contributed by atoms with E-state index in [0.29, 0.717) is 0 Å². The number of hydrogen-bond acceptors (Lipinski definition) is 0. The molecule has 1 aromatic rings. The summed E-state index contributed by atoms with van der Waals surface area (Å²) < 4.78 is 0. The minimum absolute atomic E-state index is 0.808. The lowest BCUT2D eigenvalue weighted by Crippen LogP contribution is -2.12. The van der Waals surface area contributed by atoms with Crippen molar-refractivity contribution in [1.82, 2.24) is 0 Å². The molecule has 26 heavy (non-hydrogen) atoms. The summed E-state index contributed by atoms with van der Waals surface area (Å²) in [7, 11) is 2.41. The number of benzene rings is 1. The van der Waals surface area contributed by atoms with Gasteiger partial charge in [-0.2, -0.15) is 0 Å². The first kappa shape index (κ1) is 19.5. The van der Waals surface area contributed by atoms with Crippen LogP contribution in [0.5, 0.6) is 0 Å². The summed E-state index contributed by atoms with van der Waals surface area (Å²) in [6.07, 6.45) is 18.6. The zero-order valence-electron chi connectivity index (χ0n) is 17.3. The standard InChI is InChI=1S/C25H37B/c1-3-20(23-15-17-25(26)18-16-23)10-9-19(2)21-11-13-24(14-12-21)22-7-5-4-6-8-22/h9-14,22-23,25H,3-8,15-18,26H2,1-2H3/b19-9+,20-10+.